The summed E-state index contributed by atoms with van der Waals surface area (Å²) in [4.78, 5) is 27.3. The lowest BCUT2D eigenvalue weighted by Gasteiger charge is -2.36. The molecule has 1 amide bonds. The predicted octanol–water partition coefficient (Wildman–Crippen LogP) is 3.45. The van der Waals surface area contributed by atoms with Crippen LogP contribution in [-0.2, 0) is 11.2 Å². The topological polar surface area (TPSA) is 40.6 Å². The molecule has 0 N–H and O–H groups in total. The Morgan fingerprint density at radius 2 is 1.67 bits per heavy atom. The molecule has 0 unspecified atom stereocenters. The fourth-order valence-electron chi connectivity index (χ4n) is 3.28. The van der Waals surface area contributed by atoms with Crippen LogP contribution < -0.4 is 4.90 Å². The van der Waals surface area contributed by atoms with Crippen LogP contribution in [0, 0.1) is 11.6 Å². The number of ketones is 1. The van der Waals surface area contributed by atoms with Crippen molar-refractivity contribution in [3.63, 3.8) is 0 Å². The molecular weight excluding hydrogens is 350 g/mol. The standard InChI is InChI=1S/C21H22F2N2O2/c1-15(26)17-6-8-20(19(23)14-17)24-10-12-25(13-11-24)21(27)9-7-16-4-2-3-5-18(16)22/h2-6,8,14H,7,9-13H2,1H3. The summed E-state index contributed by atoms with van der Waals surface area (Å²) in [5.41, 5.74) is 1.33. The highest BCUT2D eigenvalue weighted by atomic mass is 19.1. The minimum absolute atomic E-state index is 0.0229. The zero-order valence-corrected chi connectivity index (χ0v) is 15.3. The van der Waals surface area contributed by atoms with Crippen molar-refractivity contribution in [1.29, 1.82) is 0 Å². The van der Waals surface area contributed by atoms with E-state index in [0.29, 0.717) is 49.4 Å². The lowest BCUT2D eigenvalue weighted by molar-refractivity contribution is -0.131. The number of benzene rings is 2. The molecule has 1 fully saturated rings. The molecule has 142 valence electrons. The van der Waals surface area contributed by atoms with Gasteiger partial charge in [0.25, 0.3) is 0 Å². The molecule has 0 saturated carbocycles. The molecular formula is C21H22F2N2O2. The van der Waals surface area contributed by atoms with Gasteiger partial charge in [-0.1, -0.05) is 18.2 Å². The fourth-order valence-corrected chi connectivity index (χ4v) is 3.28. The van der Waals surface area contributed by atoms with Gasteiger partial charge in [-0.05, 0) is 43.2 Å². The maximum absolute atomic E-state index is 14.3. The maximum Gasteiger partial charge on any atom is 0.223 e. The highest BCUT2D eigenvalue weighted by molar-refractivity contribution is 5.94. The number of amides is 1. The van der Waals surface area contributed by atoms with Crippen LogP contribution in [0.3, 0.4) is 0 Å². The molecule has 1 aliphatic heterocycles. The first-order valence-electron chi connectivity index (χ1n) is 9.02. The third kappa shape index (κ3) is 4.51. The number of anilines is 1. The van der Waals surface area contributed by atoms with E-state index in [1.54, 1.807) is 35.2 Å². The number of piperazine rings is 1. The summed E-state index contributed by atoms with van der Waals surface area (Å²) in [5.74, 6) is -0.919. The molecule has 2 aromatic carbocycles. The molecule has 0 spiro atoms. The Morgan fingerprint density at radius 1 is 0.963 bits per heavy atom. The predicted molar refractivity (Wildman–Crippen MR) is 99.9 cm³/mol. The molecule has 0 radical (unpaired) electrons. The summed E-state index contributed by atoms with van der Waals surface area (Å²) < 4.78 is 27.9. The number of rotatable bonds is 5. The molecule has 1 aliphatic rings. The second-order valence-corrected chi connectivity index (χ2v) is 6.68. The number of aryl methyl sites for hydroxylation is 1. The Balaban J connectivity index is 1.55. The van der Waals surface area contributed by atoms with Gasteiger partial charge in [-0.3, -0.25) is 9.59 Å². The Morgan fingerprint density at radius 3 is 2.30 bits per heavy atom. The van der Waals surface area contributed by atoms with Gasteiger partial charge in [-0.15, -0.1) is 0 Å². The largest absolute Gasteiger partial charge is 0.366 e. The van der Waals surface area contributed by atoms with Crippen LogP contribution >= 0.6 is 0 Å². The normalized spacial score (nSPS) is 14.3. The van der Waals surface area contributed by atoms with E-state index in [0.717, 1.165) is 0 Å². The van der Waals surface area contributed by atoms with Crippen LogP contribution in [0.2, 0.25) is 0 Å². The van der Waals surface area contributed by atoms with Gasteiger partial charge in [0.1, 0.15) is 11.6 Å². The Hall–Kier alpha value is -2.76. The smallest absolute Gasteiger partial charge is 0.223 e. The van der Waals surface area contributed by atoms with Gasteiger partial charge in [-0.2, -0.15) is 0 Å². The van der Waals surface area contributed by atoms with Gasteiger partial charge in [0, 0.05) is 38.2 Å². The van der Waals surface area contributed by atoms with Crippen molar-refractivity contribution in [2.75, 3.05) is 31.1 Å². The monoisotopic (exact) mass is 372 g/mol. The molecule has 2 aromatic rings. The Kier molecular flexibility index (Phi) is 5.84. The molecule has 0 aliphatic carbocycles. The van der Waals surface area contributed by atoms with E-state index >= 15 is 0 Å². The summed E-state index contributed by atoms with van der Waals surface area (Å²) >= 11 is 0. The van der Waals surface area contributed by atoms with Crippen molar-refractivity contribution in [3.8, 4) is 0 Å². The number of Topliss-reactive ketones (excluding diaryl/α,β-unsaturated/α-hetero) is 1. The van der Waals surface area contributed by atoms with Gasteiger partial charge in [0.2, 0.25) is 5.91 Å². The Bertz CT molecular complexity index is 846. The van der Waals surface area contributed by atoms with Crippen molar-refractivity contribution in [3.05, 3.63) is 65.2 Å². The fraction of sp³-hybridized carbons (Fsp3) is 0.333. The van der Waals surface area contributed by atoms with Crippen LogP contribution in [0.15, 0.2) is 42.5 Å². The Labute approximate surface area is 157 Å². The quantitative estimate of drug-likeness (QED) is 0.755. The first-order valence-corrected chi connectivity index (χ1v) is 9.02. The van der Waals surface area contributed by atoms with E-state index < -0.39 is 5.82 Å². The number of nitrogens with zero attached hydrogens (tertiary/aromatic N) is 2. The second kappa shape index (κ2) is 8.29. The third-order valence-electron chi connectivity index (χ3n) is 4.89. The highest BCUT2D eigenvalue weighted by Crippen LogP contribution is 2.22. The molecule has 0 bridgehead atoms. The number of hydrogen-bond donors (Lipinski definition) is 0. The molecule has 0 aromatic heterocycles. The average Bonchev–Trinajstić information content (AvgIpc) is 2.67. The molecule has 4 nitrogen and oxygen atoms in total. The second-order valence-electron chi connectivity index (χ2n) is 6.68. The number of carbonyl (C=O) groups is 2. The van der Waals surface area contributed by atoms with Crippen LogP contribution in [0.5, 0.6) is 0 Å². The lowest BCUT2D eigenvalue weighted by Crippen LogP contribution is -2.49. The number of halogens is 2. The van der Waals surface area contributed by atoms with Crippen molar-refractivity contribution in [1.82, 2.24) is 4.90 Å². The first-order chi connectivity index (χ1) is 13.0. The van der Waals surface area contributed by atoms with Gasteiger partial charge in [0.15, 0.2) is 5.78 Å². The lowest BCUT2D eigenvalue weighted by atomic mass is 10.1. The summed E-state index contributed by atoms with van der Waals surface area (Å²) in [6.07, 6.45) is 0.620. The van der Waals surface area contributed by atoms with E-state index in [-0.39, 0.29) is 23.9 Å². The zero-order valence-electron chi connectivity index (χ0n) is 15.3. The molecule has 27 heavy (non-hydrogen) atoms. The van der Waals surface area contributed by atoms with E-state index in [9.17, 15) is 18.4 Å². The average molecular weight is 372 g/mol. The third-order valence-corrected chi connectivity index (χ3v) is 4.89. The van der Waals surface area contributed by atoms with Gasteiger partial charge >= 0.3 is 0 Å². The summed E-state index contributed by atoms with van der Waals surface area (Å²) in [6, 6.07) is 11.0. The van der Waals surface area contributed by atoms with E-state index in [4.69, 9.17) is 0 Å². The van der Waals surface area contributed by atoms with Crippen molar-refractivity contribution in [2.45, 2.75) is 19.8 Å². The summed E-state index contributed by atoms with van der Waals surface area (Å²) in [7, 11) is 0. The van der Waals surface area contributed by atoms with Crippen molar-refractivity contribution < 1.29 is 18.4 Å². The van der Waals surface area contributed by atoms with Gasteiger partial charge in [-0.25, -0.2) is 8.78 Å². The van der Waals surface area contributed by atoms with Gasteiger partial charge in [0.05, 0.1) is 5.69 Å². The van der Waals surface area contributed by atoms with Gasteiger partial charge < -0.3 is 9.80 Å². The first kappa shape index (κ1) is 19.0. The molecule has 1 saturated heterocycles. The summed E-state index contributed by atoms with van der Waals surface area (Å²) in [5, 5.41) is 0. The molecule has 0 atom stereocenters. The SMILES string of the molecule is CC(=O)c1ccc(N2CCN(C(=O)CCc3ccccc3F)CC2)c(F)c1. The van der Waals surface area contributed by atoms with Crippen LogP contribution in [0.1, 0.15) is 29.3 Å². The number of hydrogen-bond acceptors (Lipinski definition) is 3. The number of carbonyl (C=O) groups excluding carboxylic acids is 2. The highest BCUT2D eigenvalue weighted by Gasteiger charge is 2.23. The van der Waals surface area contributed by atoms with Crippen molar-refractivity contribution in [2.24, 2.45) is 0 Å². The van der Waals surface area contributed by atoms with E-state index in [2.05, 4.69) is 0 Å². The van der Waals surface area contributed by atoms with Crippen molar-refractivity contribution >= 4 is 17.4 Å². The van der Waals surface area contributed by atoms with E-state index in [1.165, 1.54) is 19.1 Å². The molecule has 1 heterocycles. The minimum atomic E-state index is -0.429. The van der Waals surface area contributed by atoms with Crippen LogP contribution in [-0.4, -0.2) is 42.8 Å². The molecule has 3 rings (SSSR count). The minimum Gasteiger partial charge on any atom is -0.366 e. The maximum atomic E-state index is 14.3. The summed E-state index contributed by atoms with van der Waals surface area (Å²) in [6.45, 7) is 3.41. The molecule has 6 heteroatoms. The van der Waals surface area contributed by atoms with Crippen LogP contribution in [0.25, 0.3) is 0 Å². The van der Waals surface area contributed by atoms with Crippen LogP contribution in [0.4, 0.5) is 14.5 Å². The van der Waals surface area contributed by atoms with E-state index in [1.807, 2.05) is 4.90 Å². The zero-order chi connectivity index (χ0) is 19.4.